The van der Waals surface area contributed by atoms with Gasteiger partial charge < -0.3 is 25.9 Å². The summed E-state index contributed by atoms with van der Waals surface area (Å²) in [5.74, 6) is 0. The van der Waals surface area contributed by atoms with Gasteiger partial charge in [0.1, 0.15) is 0 Å². The molecule has 0 radical (unpaired) electrons. The Morgan fingerprint density at radius 3 is 0.778 bits per heavy atom. The van der Waals surface area contributed by atoms with Gasteiger partial charge in [-0.15, -0.1) is 0 Å². The number of rotatable bonds is 0. The molecule has 2 N–H and O–H groups in total. The van der Waals surface area contributed by atoms with Gasteiger partial charge in [-0.2, -0.15) is 0 Å². The molecule has 0 saturated carbocycles. The molecule has 0 aromatic carbocycles. The van der Waals surface area contributed by atoms with Gasteiger partial charge in [-0.05, 0) is 0 Å². The zero-order valence-corrected chi connectivity index (χ0v) is 7.89. The fraction of sp³-hybridized carbons (Fsp3) is 0. The van der Waals surface area contributed by atoms with Gasteiger partial charge in [0.15, 0.2) is 0 Å². The number of hydrogen-bond donors (Lipinski definition) is 2. The molecule has 0 aliphatic heterocycles. The summed E-state index contributed by atoms with van der Waals surface area (Å²) in [6, 6.07) is 0. The third-order valence-electron chi connectivity index (χ3n) is 0. The largest absolute Gasteiger partial charge is 2.00 e. The van der Waals surface area contributed by atoms with Gasteiger partial charge in [-0.25, -0.2) is 0 Å². The summed E-state index contributed by atoms with van der Waals surface area (Å²) in [5.41, 5.74) is 0. The average Bonchev–Trinajstić information content (AvgIpc) is 1.25. The van der Waals surface area contributed by atoms with Crippen LogP contribution in [0.25, 0.3) is 0 Å². The van der Waals surface area contributed by atoms with E-state index in [2.05, 4.69) is 0 Å². The van der Waals surface area contributed by atoms with Crippen LogP contribution in [-0.4, -0.2) is 46.8 Å². The molecule has 0 rings (SSSR count). The van der Waals surface area contributed by atoms with E-state index in [9.17, 15) is 0 Å². The molecule has 9 heteroatoms. The molecule has 0 amide bonds. The number of hydrogen-bond acceptors (Lipinski definition) is 6. The quantitative estimate of drug-likeness (QED) is 0.229. The van der Waals surface area contributed by atoms with Crippen molar-refractivity contribution in [2.75, 3.05) is 0 Å². The first-order valence-corrected chi connectivity index (χ1v) is 3.10. The first-order valence-electron chi connectivity index (χ1n) is 1.03. The molecular formula is H2CaO6S2. The minimum atomic E-state index is -2.86. The van der Waals surface area contributed by atoms with Gasteiger partial charge in [-0.1, -0.05) is 0 Å². The average molecular weight is 202 g/mol. The fourth-order valence-electron chi connectivity index (χ4n) is 0. The topological polar surface area (TPSA) is 109 Å². The summed E-state index contributed by atoms with van der Waals surface area (Å²) >= 11 is 0. The summed E-state index contributed by atoms with van der Waals surface area (Å²) in [6.07, 6.45) is 0. The zero-order chi connectivity index (χ0) is 7.15. The molecule has 0 aromatic rings. The van der Waals surface area contributed by atoms with Crippen molar-refractivity contribution in [3.8, 4) is 0 Å². The minimum absolute atomic E-state index is 0. The Bertz CT molecular complexity index is 128. The third kappa shape index (κ3) is 390. The van der Waals surface area contributed by atoms with E-state index in [1.54, 1.807) is 0 Å². The SMILES string of the molecule is O=[S-](=O)O.O=[S-](=O)O.[Ca+2]. The van der Waals surface area contributed by atoms with Crippen LogP contribution in [0.15, 0.2) is 0 Å². The van der Waals surface area contributed by atoms with Crippen molar-refractivity contribution < 1.29 is 25.9 Å². The van der Waals surface area contributed by atoms with E-state index >= 15 is 0 Å². The first-order chi connectivity index (χ1) is 3.46. The van der Waals surface area contributed by atoms with Crippen molar-refractivity contribution in [2.45, 2.75) is 0 Å². The minimum Gasteiger partial charge on any atom is -0.439 e. The molecule has 0 heterocycles. The van der Waals surface area contributed by atoms with Crippen LogP contribution in [-0.2, 0) is 38.8 Å². The monoisotopic (exact) mass is 202 g/mol. The normalized spacial score (nSPS) is 7.56. The van der Waals surface area contributed by atoms with E-state index in [1.165, 1.54) is 0 Å². The van der Waals surface area contributed by atoms with E-state index in [1.807, 2.05) is 0 Å². The molecule has 0 spiro atoms. The van der Waals surface area contributed by atoms with Crippen LogP contribution in [0.4, 0.5) is 0 Å². The maximum atomic E-state index is 8.56. The molecular weight excluding hydrogens is 200 g/mol. The zero-order valence-electron chi connectivity index (χ0n) is 4.05. The second-order valence-electron chi connectivity index (χ2n) is 0.434. The second kappa shape index (κ2) is 11.8. The molecule has 0 fully saturated rings. The van der Waals surface area contributed by atoms with Crippen molar-refractivity contribution in [3.05, 3.63) is 0 Å². The second-order valence-corrected chi connectivity index (χ2v) is 1.30. The molecule has 0 bridgehead atoms. The van der Waals surface area contributed by atoms with Gasteiger partial charge in [-0.3, -0.25) is 0 Å². The van der Waals surface area contributed by atoms with Crippen LogP contribution in [0.2, 0.25) is 0 Å². The fourth-order valence-corrected chi connectivity index (χ4v) is 0. The van der Waals surface area contributed by atoms with Crippen LogP contribution in [0.5, 0.6) is 0 Å². The van der Waals surface area contributed by atoms with Gasteiger partial charge in [0.2, 0.25) is 0 Å². The summed E-state index contributed by atoms with van der Waals surface area (Å²) < 4.78 is 48.2. The van der Waals surface area contributed by atoms with Crippen molar-refractivity contribution in [1.82, 2.24) is 0 Å². The molecule has 0 unspecified atom stereocenters. The van der Waals surface area contributed by atoms with Crippen LogP contribution in [0.3, 0.4) is 0 Å². The maximum absolute atomic E-state index is 8.56. The Morgan fingerprint density at radius 1 is 0.778 bits per heavy atom. The van der Waals surface area contributed by atoms with E-state index in [-0.39, 0.29) is 37.7 Å². The Balaban J connectivity index is -0.0000000720. The predicted octanol–water partition coefficient (Wildman–Crippen LogP) is -0.843. The van der Waals surface area contributed by atoms with E-state index < -0.39 is 22.0 Å². The van der Waals surface area contributed by atoms with Crippen LogP contribution in [0, 0.1) is 0 Å². The van der Waals surface area contributed by atoms with Crippen molar-refractivity contribution in [1.29, 1.82) is 0 Å². The first kappa shape index (κ1) is 16.6. The van der Waals surface area contributed by atoms with E-state index in [0.717, 1.165) is 0 Å². The molecule has 0 saturated heterocycles. The summed E-state index contributed by atoms with van der Waals surface area (Å²) in [4.78, 5) is 0. The van der Waals surface area contributed by atoms with Crippen LogP contribution < -0.4 is 0 Å². The van der Waals surface area contributed by atoms with Gasteiger partial charge in [0, 0.05) is 22.0 Å². The smallest absolute Gasteiger partial charge is 0.439 e. The summed E-state index contributed by atoms with van der Waals surface area (Å²) in [5, 5.41) is 0. The predicted molar refractivity (Wildman–Crippen MR) is 28.5 cm³/mol. The van der Waals surface area contributed by atoms with Crippen molar-refractivity contribution >= 4 is 59.7 Å². The maximum Gasteiger partial charge on any atom is 2.00 e. The van der Waals surface area contributed by atoms with Crippen molar-refractivity contribution in [2.24, 2.45) is 0 Å². The molecule has 0 atom stereocenters. The standard InChI is InChI=1S/Ca.2HO3S/c;2*1-4(2)3/h;2*(H,1,2,3)/q+2;2*-1. The molecule has 0 aliphatic carbocycles. The molecule has 0 aliphatic rings. The van der Waals surface area contributed by atoms with Crippen molar-refractivity contribution in [3.63, 3.8) is 0 Å². The molecule has 0 aromatic heterocycles. The van der Waals surface area contributed by atoms with Crippen LogP contribution in [0.1, 0.15) is 0 Å². The molecule has 9 heavy (non-hydrogen) atoms. The van der Waals surface area contributed by atoms with Gasteiger partial charge in [0.25, 0.3) is 0 Å². The third-order valence-corrected chi connectivity index (χ3v) is 0. The molecule has 6 nitrogen and oxygen atoms in total. The summed E-state index contributed by atoms with van der Waals surface area (Å²) in [7, 11) is -5.72. The Kier molecular flexibility index (Phi) is 21.8. The molecule has 52 valence electrons. The summed E-state index contributed by atoms with van der Waals surface area (Å²) in [6.45, 7) is 0. The Hall–Kier alpha value is 1.08. The Labute approximate surface area is 84.8 Å². The van der Waals surface area contributed by atoms with Gasteiger partial charge >= 0.3 is 37.7 Å². The van der Waals surface area contributed by atoms with Gasteiger partial charge in [0.05, 0.1) is 0 Å². The van der Waals surface area contributed by atoms with Crippen LogP contribution >= 0.6 is 0 Å². The van der Waals surface area contributed by atoms with E-state index in [0.29, 0.717) is 0 Å². The van der Waals surface area contributed by atoms with E-state index in [4.69, 9.17) is 25.9 Å². The Morgan fingerprint density at radius 2 is 0.778 bits per heavy atom.